The number of aromatic nitrogens is 1. The highest BCUT2D eigenvalue weighted by molar-refractivity contribution is 5.93. The molecule has 88 valence electrons. The van der Waals surface area contributed by atoms with Gasteiger partial charge in [0.15, 0.2) is 6.39 Å². The molecule has 7 heteroatoms. The minimum atomic E-state index is -0.367. The van der Waals surface area contributed by atoms with Gasteiger partial charge < -0.3 is 20.7 Å². The Morgan fingerprint density at radius 2 is 2.50 bits per heavy atom. The normalized spacial score (nSPS) is 13.5. The number of nitrogens with zero attached hydrogens (tertiary/aromatic N) is 2. The van der Waals surface area contributed by atoms with Crippen molar-refractivity contribution in [2.24, 2.45) is 10.9 Å². The maximum Gasteiger partial charge on any atom is 0.289 e. The van der Waals surface area contributed by atoms with Crippen molar-refractivity contribution >= 4 is 11.7 Å². The standard InChI is InChI=1S/C9H14N4O3/c1-5(3-7(10)13-15)12-9(14)8-6(2)11-4-16-8/h4-5,15H,3H2,1-2H3,(H2,10,13)(H,12,14). The summed E-state index contributed by atoms with van der Waals surface area (Å²) in [5, 5.41) is 13.8. The van der Waals surface area contributed by atoms with Gasteiger partial charge in [-0.15, -0.1) is 0 Å². The Bertz CT molecular complexity index is 399. The number of hydrogen-bond donors (Lipinski definition) is 3. The summed E-state index contributed by atoms with van der Waals surface area (Å²) in [6.07, 6.45) is 1.47. The number of oxazole rings is 1. The largest absolute Gasteiger partial charge is 0.438 e. The van der Waals surface area contributed by atoms with Gasteiger partial charge in [0.25, 0.3) is 5.91 Å². The molecule has 7 nitrogen and oxygen atoms in total. The van der Waals surface area contributed by atoms with Crippen molar-refractivity contribution in [2.75, 3.05) is 0 Å². The number of rotatable bonds is 4. The second-order valence-corrected chi connectivity index (χ2v) is 3.44. The third-order valence-corrected chi connectivity index (χ3v) is 1.97. The molecule has 0 aromatic carbocycles. The molecule has 0 radical (unpaired) electrons. The van der Waals surface area contributed by atoms with E-state index in [0.717, 1.165) is 0 Å². The van der Waals surface area contributed by atoms with Gasteiger partial charge in [-0.3, -0.25) is 4.79 Å². The van der Waals surface area contributed by atoms with Crippen LogP contribution < -0.4 is 11.1 Å². The van der Waals surface area contributed by atoms with E-state index in [1.165, 1.54) is 6.39 Å². The lowest BCUT2D eigenvalue weighted by atomic mass is 10.2. The minimum Gasteiger partial charge on any atom is -0.438 e. The van der Waals surface area contributed by atoms with Crippen LogP contribution >= 0.6 is 0 Å². The highest BCUT2D eigenvalue weighted by Gasteiger charge is 2.16. The van der Waals surface area contributed by atoms with Gasteiger partial charge in [-0.2, -0.15) is 0 Å². The van der Waals surface area contributed by atoms with Gasteiger partial charge >= 0.3 is 0 Å². The number of carbonyl (C=O) groups excluding carboxylic acids is 1. The van der Waals surface area contributed by atoms with Gasteiger partial charge in [0.05, 0.1) is 5.69 Å². The van der Waals surface area contributed by atoms with Crippen LogP contribution in [-0.2, 0) is 0 Å². The maximum absolute atomic E-state index is 11.6. The summed E-state index contributed by atoms with van der Waals surface area (Å²) in [4.78, 5) is 15.4. The molecule has 16 heavy (non-hydrogen) atoms. The topological polar surface area (TPSA) is 114 Å². The number of amides is 1. The fraction of sp³-hybridized carbons (Fsp3) is 0.444. The molecule has 0 saturated carbocycles. The number of hydrogen-bond acceptors (Lipinski definition) is 5. The zero-order chi connectivity index (χ0) is 12.1. The van der Waals surface area contributed by atoms with E-state index in [0.29, 0.717) is 5.69 Å². The van der Waals surface area contributed by atoms with Crippen LogP contribution in [0.2, 0.25) is 0 Å². The first-order valence-corrected chi connectivity index (χ1v) is 4.72. The predicted octanol–water partition coefficient (Wildman–Crippen LogP) is 0.238. The van der Waals surface area contributed by atoms with Crippen molar-refractivity contribution in [3.05, 3.63) is 17.8 Å². The van der Waals surface area contributed by atoms with Gasteiger partial charge in [-0.1, -0.05) is 5.16 Å². The molecule has 1 amide bonds. The monoisotopic (exact) mass is 226 g/mol. The number of carbonyl (C=O) groups is 1. The molecule has 1 aromatic heterocycles. The second kappa shape index (κ2) is 5.15. The molecule has 0 fully saturated rings. The summed E-state index contributed by atoms with van der Waals surface area (Å²) in [6, 6.07) is -0.257. The Morgan fingerprint density at radius 3 is 3.00 bits per heavy atom. The van der Waals surface area contributed by atoms with Crippen LogP contribution in [0.4, 0.5) is 0 Å². The molecular weight excluding hydrogens is 212 g/mol. The molecule has 1 aromatic rings. The summed E-state index contributed by atoms with van der Waals surface area (Å²) in [6.45, 7) is 3.41. The van der Waals surface area contributed by atoms with Crippen LogP contribution in [0.1, 0.15) is 29.6 Å². The molecular formula is C9H14N4O3. The fourth-order valence-corrected chi connectivity index (χ4v) is 1.21. The van der Waals surface area contributed by atoms with E-state index in [1.807, 2.05) is 0 Å². The molecule has 0 aliphatic heterocycles. The molecule has 4 N–H and O–H groups in total. The highest BCUT2D eigenvalue weighted by atomic mass is 16.4. The quantitative estimate of drug-likeness (QED) is 0.294. The minimum absolute atomic E-state index is 0.0575. The Hall–Kier alpha value is -2.05. The van der Waals surface area contributed by atoms with Crippen molar-refractivity contribution in [2.45, 2.75) is 26.3 Å². The third kappa shape index (κ3) is 2.97. The molecule has 0 aliphatic carbocycles. The fourth-order valence-electron chi connectivity index (χ4n) is 1.21. The lowest BCUT2D eigenvalue weighted by Crippen LogP contribution is -2.35. The van der Waals surface area contributed by atoms with Gasteiger partial charge in [-0.05, 0) is 13.8 Å². The lowest BCUT2D eigenvalue weighted by Gasteiger charge is -2.11. The van der Waals surface area contributed by atoms with Crippen molar-refractivity contribution in [1.82, 2.24) is 10.3 Å². The molecule has 1 rings (SSSR count). The van der Waals surface area contributed by atoms with E-state index in [1.54, 1.807) is 13.8 Å². The van der Waals surface area contributed by atoms with E-state index in [-0.39, 0.29) is 30.0 Å². The molecule has 1 atom stereocenters. The van der Waals surface area contributed by atoms with Crippen molar-refractivity contribution in [3.8, 4) is 0 Å². The summed E-state index contributed by atoms with van der Waals surface area (Å²) >= 11 is 0. The van der Waals surface area contributed by atoms with Crippen molar-refractivity contribution in [1.29, 1.82) is 0 Å². The van der Waals surface area contributed by atoms with Gasteiger partial charge in [0.1, 0.15) is 5.84 Å². The Morgan fingerprint density at radius 1 is 1.81 bits per heavy atom. The second-order valence-electron chi connectivity index (χ2n) is 3.44. The summed E-state index contributed by atoms with van der Waals surface area (Å²) in [7, 11) is 0. The number of amidine groups is 1. The average Bonchev–Trinajstić information content (AvgIpc) is 2.63. The van der Waals surface area contributed by atoms with Crippen LogP contribution in [0.3, 0.4) is 0 Å². The van der Waals surface area contributed by atoms with Crippen LogP contribution in [0.15, 0.2) is 16.0 Å². The number of nitrogens with two attached hydrogens (primary N) is 1. The smallest absolute Gasteiger partial charge is 0.289 e. The Labute approximate surface area is 92.3 Å². The van der Waals surface area contributed by atoms with E-state index in [4.69, 9.17) is 15.4 Å². The highest BCUT2D eigenvalue weighted by Crippen LogP contribution is 2.05. The summed E-state index contributed by atoms with van der Waals surface area (Å²) in [5.74, 6) is -0.137. The average molecular weight is 226 g/mol. The van der Waals surface area contributed by atoms with E-state index in [9.17, 15) is 4.79 Å². The van der Waals surface area contributed by atoms with Gasteiger partial charge in [0, 0.05) is 12.5 Å². The summed E-state index contributed by atoms with van der Waals surface area (Å²) in [5.41, 5.74) is 5.83. The van der Waals surface area contributed by atoms with Crippen LogP contribution in [0.25, 0.3) is 0 Å². The molecule has 0 bridgehead atoms. The van der Waals surface area contributed by atoms with E-state index in [2.05, 4.69) is 15.5 Å². The van der Waals surface area contributed by atoms with E-state index < -0.39 is 0 Å². The third-order valence-electron chi connectivity index (χ3n) is 1.97. The molecule has 0 saturated heterocycles. The SMILES string of the molecule is Cc1ncoc1C(=O)NC(C)CC(N)=NO. The van der Waals surface area contributed by atoms with Crippen molar-refractivity contribution in [3.63, 3.8) is 0 Å². The first-order valence-electron chi connectivity index (χ1n) is 4.72. The lowest BCUT2D eigenvalue weighted by molar-refractivity contribution is 0.0912. The predicted molar refractivity (Wildman–Crippen MR) is 56.2 cm³/mol. The Kier molecular flexibility index (Phi) is 3.87. The first kappa shape index (κ1) is 12.0. The molecule has 1 unspecified atom stereocenters. The molecule has 1 heterocycles. The molecule has 0 spiro atoms. The van der Waals surface area contributed by atoms with Crippen LogP contribution in [-0.4, -0.2) is 28.0 Å². The van der Waals surface area contributed by atoms with Gasteiger partial charge in [-0.25, -0.2) is 4.98 Å². The Balaban J connectivity index is 2.55. The zero-order valence-corrected chi connectivity index (χ0v) is 9.10. The van der Waals surface area contributed by atoms with E-state index >= 15 is 0 Å². The van der Waals surface area contributed by atoms with Crippen LogP contribution in [0, 0.1) is 6.92 Å². The number of aryl methyl sites for hydroxylation is 1. The van der Waals surface area contributed by atoms with Crippen LogP contribution in [0.5, 0.6) is 0 Å². The maximum atomic E-state index is 11.6. The first-order chi connectivity index (χ1) is 7.54. The number of nitrogens with one attached hydrogen (secondary N) is 1. The zero-order valence-electron chi connectivity index (χ0n) is 9.10. The summed E-state index contributed by atoms with van der Waals surface area (Å²) < 4.78 is 4.92. The molecule has 0 aliphatic rings. The number of oxime groups is 1. The van der Waals surface area contributed by atoms with Crippen molar-refractivity contribution < 1.29 is 14.4 Å². The van der Waals surface area contributed by atoms with Gasteiger partial charge in [0.2, 0.25) is 5.76 Å².